The summed E-state index contributed by atoms with van der Waals surface area (Å²) < 4.78 is 2.25. The molecule has 2 aromatic carbocycles. The predicted molar refractivity (Wildman–Crippen MR) is 106 cm³/mol. The van der Waals surface area contributed by atoms with Crippen molar-refractivity contribution in [3.63, 3.8) is 0 Å². The maximum absolute atomic E-state index is 6.21. The average molecular weight is 378 g/mol. The molecule has 1 aromatic heterocycles. The lowest BCUT2D eigenvalue weighted by Gasteiger charge is -2.28. The smallest absolute Gasteiger partial charge is 0.153 e. The summed E-state index contributed by atoms with van der Waals surface area (Å²) in [5.41, 5.74) is 3.76. The van der Waals surface area contributed by atoms with Crippen molar-refractivity contribution in [3.8, 4) is 5.69 Å². The number of hydrogen-bond donors (Lipinski definition) is 0. The number of benzene rings is 2. The van der Waals surface area contributed by atoms with E-state index >= 15 is 0 Å². The molecule has 5 rings (SSSR count). The number of hydrogen-bond acceptors (Lipinski definition) is 2. The molecule has 0 atom stereocenters. The van der Waals surface area contributed by atoms with Crippen molar-refractivity contribution < 1.29 is 0 Å². The van der Waals surface area contributed by atoms with Crippen LogP contribution in [-0.4, -0.2) is 14.8 Å². The SMILES string of the molecule is Clc1ccc2c(c1)C[N]Cc1nnc(C3CCC(c4ccccc4)CC3)n1-2. The molecule has 1 saturated carbocycles. The lowest BCUT2D eigenvalue weighted by Crippen LogP contribution is -2.16. The van der Waals surface area contributed by atoms with Crippen molar-refractivity contribution in [1.82, 2.24) is 20.1 Å². The fraction of sp³-hybridized carbons (Fsp3) is 0.364. The third-order valence-corrected chi connectivity index (χ3v) is 6.17. The highest BCUT2D eigenvalue weighted by Crippen LogP contribution is 2.41. The normalized spacial score (nSPS) is 22.0. The van der Waals surface area contributed by atoms with Gasteiger partial charge in [0, 0.05) is 17.5 Å². The Hall–Kier alpha value is -2.17. The molecule has 2 aliphatic rings. The molecular weight excluding hydrogens is 356 g/mol. The van der Waals surface area contributed by atoms with E-state index in [1.54, 1.807) is 0 Å². The highest BCUT2D eigenvalue weighted by Gasteiger charge is 2.29. The first-order valence-electron chi connectivity index (χ1n) is 9.71. The first-order valence-corrected chi connectivity index (χ1v) is 10.1. The minimum atomic E-state index is 0.452. The number of halogens is 1. The molecule has 1 aliphatic carbocycles. The Kier molecular flexibility index (Phi) is 4.46. The van der Waals surface area contributed by atoms with Crippen LogP contribution in [0.4, 0.5) is 0 Å². The Bertz CT molecular complexity index is 942. The maximum Gasteiger partial charge on any atom is 0.153 e. The largest absolute Gasteiger partial charge is 0.281 e. The molecule has 1 radical (unpaired) electrons. The maximum atomic E-state index is 6.21. The van der Waals surface area contributed by atoms with Crippen molar-refractivity contribution in [2.24, 2.45) is 0 Å². The van der Waals surface area contributed by atoms with Gasteiger partial charge in [0.2, 0.25) is 0 Å². The van der Waals surface area contributed by atoms with Crippen LogP contribution in [0, 0.1) is 0 Å². The van der Waals surface area contributed by atoms with Gasteiger partial charge in [0.1, 0.15) is 5.82 Å². The van der Waals surface area contributed by atoms with Crippen molar-refractivity contribution >= 4 is 11.6 Å². The van der Waals surface area contributed by atoms with E-state index in [1.807, 2.05) is 12.1 Å². The van der Waals surface area contributed by atoms with Gasteiger partial charge in [-0.1, -0.05) is 41.9 Å². The van der Waals surface area contributed by atoms with E-state index in [1.165, 1.54) is 18.4 Å². The average Bonchev–Trinajstić information content (AvgIpc) is 3.04. The number of rotatable bonds is 2. The Balaban J connectivity index is 1.44. The Morgan fingerprint density at radius 3 is 2.44 bits per heavy atom. The van der Waals surface area contributed by atoms with Crippen molar-refractivity contribution in [3.05, 3.63) is 76.3 Å². The third kappa shape index (κ3) is 3.17. The second kappa shape index (κ2) is 7.10. The van der Waals surface area contributed by atoms with Crippen LogP contribution in [-0.2, 0) is 13.1 Å². The van der Waals surface area contributed by atoms with Gasteiger partial charge in [-0.3, -0.25) is 4.57 Å². The van der Waals surface area contributed by atoms with Crippen molar-refractivity contribution in [1.29, 1.82) is 0 Å². The third-order valence-electron chi connectivity index (χ3n) is 5.94. The summed E-state index contributed by atoms with van der Waals surface area (Å²) in [6.45, 7) is 1.29. The molecule has 0 bridgehead atoms. The summed E-state index contributed by atoms with van der Waals surface area (Å²) >= 11 is 6.21. The van der Waals surface area contributed by atoms with E-state index in [-0.39, 0.29) is 0 Å². The first-order chi connectivity index (χ1) is 13.3. The molecule has 137 valence electrons. The molecule has 0 spiro atoms. The fourth-order valence-corrected chi connectivity index (χ4v) is 4.74. The Morgan fingerprint density at radius 2 is 1.63 bits per heavy atom. The van der Waals surface area contributed by atoms with Crippen LogP contribution in [0.25, 0.3) is 5.69 Å². The second-order valence-electron chi connectivity index (χ2n) is 7.58. The lowest BCUT2D eigenvalue weighted by atomic mass is 9.78. The van der Waals surface area contributed by atoms with Gasteiger partial charge in [-0.2, -0.15) is 0 Å². The van der Waals surface area contributed by atoms with Crippen LogP contribution >= 0.6 is 11.6 Å². The minimum Gasteiger partial charge on any atom is -0.281 e. The minimum absolute atomic E-state index is 0.452. The zero-order valence-electron chi connectivity index (χ0n) is 15.2. The molecule has 1 aliphatic heterocycles. The van der Waals surface area contributed by atoms with Crippen molar-refractivity contribution in [2.45, 2.75) is 50.6 Å². The van der Waals surface area contributed by atoms with Crippen LogP contribution in [0.1, 0.15) is 60.3 Å². The topological polar surface area (TPSA) is 44.8 Å². The van der Waals surface area contributed by atoms with Gasteiger partial charge in [0.05, 0.1) is 12.2 Å². The monoisotopic (exact) mass is 377 g/mol. The summed E-state index contributed by atoms with van der Waals surface area (Å²) in [5, 5.41) is 14.5. The standard InChI is InChI=1S/C22H22ClN4/c23-19-10-11-20-18(12-19)13-24-14-21-25-26-22(27(20)21)17-8-6-16(7-9-17)15-4-2-1-3-5-15/h1-5,10-12,16-17H,6-9,13-14H2. The molecule has 4 nitrogen and oxygen atoms in total. The molecule has 1 fully saturated rings. The molecule has 0 unspecified atom stereocenters. The molecule has 0 saturated heterocycles. The molecule has 0 N–H and O–H groups in total. The fourth-order valence-electron chi connectivity index (χ4n) is 4.54. The summed E-state index contributed by atoms with van der Waals surface area (Å²) in [5.74, 6) is 3.15. The van der Waals surface area contributed by atoms with E-state index < -0.39 is 0 Å². The van der Waals surface area contributed by atoms with E-state index in [4.69, 9.17) is 11.6 Å². The van der Waals surface area contributed by atoms with Crippen LogP contribution < -0.4 is 5.32 Å². The quantitative estimate of drug-likeness (QED) is 0.632. The predicted octanol–water partition coefficient (Wildman–Crippen LogP) is 4.98. The molecule has 3 aromatic rings. The highest BCUT2D eigenvalue weighted by atomic mass is 35.5. The summed E-state index contributed by atoms with van der Waals surface area (Å²) in [6, 6.07) is 17.0. The van der Waals surface area contributed by atoms with Crippen LogP contribution in [0.5, 0.6) is 0 Å². The van der Waals surface area contributed by atoms with Crippen LogP contribution in [0.15, 0.2) is 48.5 Å². The Morgan fingerprint density at radius 1 is 0.852 bits per heavy atom. The van der Waals surface area contributed by atoms with Gasteiger partial charge in [-0.25, -0.2) is 5.32 Å². The summed E-state index contributed by atoms with van der Waals surface area (Å²) in [6.07, 6.45) is 4.71. The van der Waals surface area contributed by atoms with Gasteiger partial charge in [-0.15, -0.1) is 10.2 Å². The van der Waals surface area contributed by atoms with E-state index in [0.717, 1.165) is 40.8 Å². The number of aromatic nitrogens is 3. The van der Waals surface area contributed by atoms with Gasteiger partial charge in [-0.05, 0) is 60.9 Å². The van der Waals surface area contributed by atoms with Gasteiger partial charge < -0.3 is 0 Å². The number of fused-ring (bicyclic) bond motifs is 3. The van der Waals surface area contributed by atoms with Crippen LogP contribution in [0.2, 0.25) is 5.02 Å². The van der Waals surface area contributed by atoms with E-state index in [9.17, 15) is 0 Å². The zero-order chi connectivity index (χ0) is 18.2. The van der Waals surface area contributed by atoms with E-state index in [2.05, 4.69) is 56.5 Å². The van der Waals surface area contributed by atoms with E-state index in [0.29, 0.717) is 24.9 Å². The first kappa shape index (κ1) is 17.0. The molecule has 0 amide bonds. The van der Waals surface area contributed by atoms with Gasteiger partial charge >= 0.3 is 0 Å². The number of nitrogens with zero attached hydrogens (tertiary/aromatic N) is 4. The lowest BCUT2D eigenvalue weighted by molar-refractivity contribution is 0.382. The zero-order valence-corrected chi connectivity index (χ0v) is 15.9. The van der Waals surface area contributed by atoms with Gasteiger partial charge in [0.25, 0.3) is 0 Å². The second-order valence-corrected chi connectivity index (χ2v) is 8.02. The Labute approximate surface area is 164 Å². The van der Waals surface area contributed by atoms with Crippen molar-refractivity contribution in [2.75, 3.05) is 0 Å². The molecule has 5 heteroatoms. The van der Waals surface area contributed by atoms with Crippen LogP contribution in [0.3, 0.4) is 0 Å². The van der Waals surface area contributed by atoms with Gasteiger partial charge in [0.15, 0.2) is 5.82 Å². The molecule has 27 heavy (non-hydrogen) atoms. The summed E-state index contributed by atoms with van der Waals surface area (Å²) in [7, 11) is 0. The highest BCUT2D eigenvalue weighted by molar-refractivity contribution is 6.30. The molecular formula is C22H22ClN4. The summed E-state index contributed by atoms with van der Waals surface area (Å²) in [4.78, 5) is 0. The molecule has 2 heterocycles.